The lowest BCUT2D eigenvalue weighted by Gasteiger charge is -2.21. The van der Waals surface area contributed by atoms with Gasteiger partial charge in [-0.1, -0.05) is 0 Å². The van der Waals surface area contributed by atoms with E-state index in [1.165, 1.54) is 18.1 Å². The molecule has 1 saturated heterocycles. The van der Waals surface area contributed by atoms with Gasteiger partial charge in [-0.15, -0.1) is 0 Å². The van der Waals surface area contributed by atoms with Crippen LogP contribution >= 0.6 is 0 Å². The summed E-state index contributed by atoms with van der Waals surface area (Å²) in [5.74, 6) is -0.945. The van der Waals surface area contributed by atoms with E-state index in [2.05, 4.69) is 4.74 Å². The van der Waals surface area contributed by atoms with Crippen LogP contribution in [-0.2, 0) is 16.1 Å². The third kappa shape index (κ3) is 4.03. The van der Waals surface area contributed by atoms with Crippen LogP contribution in [0.15, 0.2) is 16.5 Å². The number of methoxy groups -OCH3 is 1. The summed E-state index contributed by atoms with van der Waals surface area (Å²) in [6.07, 6.45) is -2.34. The Bertz CT molecular complexity index is 533. The number of furan rings is 1. The van der Waals surface area contributed by atoms with Crippen molar-refractivity contribution >= 4 is 11.9 Å². The van der Waals surface area contributed by atoms with Crippen LogP contribution in [0.25, 0.3) is 0 Å². The molecular formula is C14H18F2N2O4. The maximum atomic E-state index is 12.4. The third-order valence-corrected chi connectivity index (χ3v) is 3.51. The second-order valence-corrected chi connectivity index (χ2v) is 5.01. The molecule has 6 nitrogen and oxygen atoms in total. The van der Waals surface area contributed by atoms with Gasteiger partial charge in [0.25, 0.3) is 5.91 Å². The average Bonchev–Trinajstić information content (AvgIpc) is 2.84. The Kier molecular flexibility index (Phi) is 5.48. The summed E-state index contributed by atoms with van der Waals surface area (Å²) in [6, 6.07) is 3.21. The number of carbonyl (C=O) groups excluding carboxylic acids is 2. The molecule has 1 aliphatic rings. The molecule has 2 rings (SSSR count). The largest absolute Gasteiger partial charge is 0.463 e. The van der Waals surface area contributed by atoms with Crippen LogP contribution in [0.4, 0.5) is 8.78 Å². The van der Waals surface area contributed by atoms with E-state index >= 15 is 0 Å². The van der Waals surface area contributed by atoms with Crippen molar-refractivity contribution in [2.24, 2.45) is 0 Å². The second kappa shape index (κ2) is 7.35. The van der Waals surface area contributed by atoms with Crippen molar-refractivity contribution in [1.82, 2.24) is 9.80 Å². The molecule has 1 aromatic heterocycles. The summed E-state index contributed by atoms with van der Waals surface area (Å²) in [7, 11) is 1.27. The summed E-state index contributed by atoms with van der Waals surface area (Å²) in [4.78, 5) is 25.8. The lowest BCUT2D eigenvalue weighted by atomic mass is 10.3. The molecule has 0 unspecified atom stereocenters. The van der Waals surface area contributed by atoms with Crippen LogP contribution in [0.2, 0.25) is 0 Å². The smallest absolute Gasteiger partial charge is 0.373 e. The van der Waals surface area contributed by atoms with E-state index in [0.717, 1.165) is 0 Å². The molecule has 1 aliphatic heterocycles. The SMILES string of the molecule is COC(=O)c1ccc(CN2CCCN(C(=O)C(F)F)CC2)o1. The molecule has 8 heteroatoms. The molecule has 22 heavy (non-hydrogen) atoms. The third-order valence-electron chi connectivity index (χ3n) is 3.51. The molecule has 0 saturated carbocycles. The number of rotatable bonds is 4. The van der Waals surface area contributed by atoms with Gasteiger partial charge in [0.1, 0.15) is 5.76 Å². The summed E-state index contributed by atoms with van der Waals surface area (Å²) in [5.41, 5.74) is 0. The minimum absolute atomic E-state index is 0.127. The first-order chi connectivity index (χ1) is 10.5. The quantitative estimate of drug-likeness (QED) is 0.785. The Morgan fingerprint density at radius 2 is 2.05 bits per heavy atom. The van der Waals surface area contributed by atoms with E-state index in [-0.39, 0.29) is 12.3 Å². The molecule has 0 atom stereocenters. The molecule has 0 aliphatic carbocycles. The van der Waals surface area contributed by atoms with E-state index < -0.39 is 18.3 Å². The molecule has 0 spiro atoms. The number of halogens is 2. The van der Waals surface area contributed by atoms with E-state index in [4.69, 9.17) is 4.42 Å². The molecular weight excluding hydrogens is 298 g/mol. The Morgan fingerprint density at radius 3 is 2.73 bits per heavy atom. The summed E-state index contributed by atoms with van der Waals surface area (Å²) in [5, 5.41) is 0. The van der Waals surface area contributed by atoms with Gasteiger partial charge in [-0.3, -0.25) is 9.69 Å². The fraction of sp³-hybridized carbons (Fsp3) is 0.571. The van der Waals surface area contributed by atoms with Crippen molar-refractivity contribution in [3.8, 4) is 0 Å². The van der Waals surface area contributed by atoms with Crippen molar-refractivity contribution in [1.29, 1.82) is 0 Å². The zero-order chi connectivity index (χ0) is 16.1. The molecule has 1 amide bonds. The molecule has 1 fully saturated rings. The molecule has 0 bridgehead atoms. The number of alkyl halides is 2. The highest BCUT2D eigenvalue weighted by Crippen LogP contribution is 2.14. The normalized spacial score (nSPS) is 16.6. The first-order valence-corrected chi connectivity index (χ1v) is 6.97. The van der Waals surface area contributed by atoms with Crippen molar-refractivity contribution in [2.75, 3.05) is 33.3 Å². The predicted octanol–water partition coefficient (Wildman–Crippen LogP) is 1.37. The van der Waals surface area contributed by atoms with Gasteiger partial charge in [-0.25, -0.2) is 4.79 Å². The summed E-state index contributed by atoms with van der Waals surface area (Å²) >= 11 is 0. The molecule has 122 valence electrons. The van der Waals surface area contributed by atoms with Gasteiger partial charge >= 0.3 is 12.4 Å². The number of amides is 1. The van der Waals surface area contributed by atoms with Gasteiger partial charge in [0.05, 0.1) is 13.7 Å². The predicted molar refractivity (Wildman–Crippen MR) is 72.5 cm³/mol. The second-order valence-electron chi connectivity index (χ2n) is 5.01. The standard InChI is InChI=1S/C14H18F2N2O4/c1-21-14(20)11-4-3-10(22-11)9-17-5-2-6-18(8-7-17)13(19)12(15)16/h3-4,12H,2,5-9H2,1H3. The molecule has 0 radical (unpaired) electrons. The first kappa shape index (κ1) is 16.4. The number of nitrogens with zero attached hydrogens (tertiary/aromatic N) is 2. The number of hydrogen-bond donors (Lipinski definition) is 0. The highest BCUT2D eigenvalue weighted by molar-refractivity contribution is 5.86. The molecule has 2 heterocycles. The van der Waals surface area contributed by atoms with E-state index in [1.54, 1.807) is 6.07 Å². The van der Waals surface area contributed by atoms with Crippen LogP contribution in [0.3, 0.4) is 0 Å². The fourth-order valence-corrected chi connectivity index (χ4v) is 2.38. The fourth-order valence-electron chi connectivity index (χ4n) is 2.38. The maximum absolute atomic E-state index is 12.4. The minimum Gasteiger partial charge on any atom is -0.463 e. The van der Waals surface area contributed by atoms with E-state index in [1.807, 2.05) is 4.90 Å². The molecule has 0 N–H and O–H groups in total. The zero-order valence-corrected chi connectivity index (χ0v) is 12.3. The monoisotopic (exact) mass is 316 g/mol. The lowest BCUT2D eigenvalue weighted by Crippen LogP contribution is -2.38. The number of esters is 1. The topological polar surface area (TPSA) is 63.0 Å². The van der Waals surface area contributed by atoms with Crippen LogP contribution in [0, 0.1) is 0 Å². The molecule has 0 aromatic carbocycles. The Labute approximate surface area is 126 Å². The highest BCUT2D eigenvalue weighted by atomic mass is 19.3. The highest BCUT2D eigenvalue weighted by Gasteiger charge is 2.25. The van der Waals surface area contributed by atoms with Crippen molar-refractivity contribution in [3.63, 3.8) is 0 Å². The summed E-state index contributed by atoms with van der Waals surface area (Å²) < 4.78 is 34.8. The Hall–Kier alpha value is -1.96. The van der Waals surface area contributed by atoms with Crippen LogP contribution in [-0.4, -0.2) is 61.4 Å². The average molecular weight is 316 g/mol. The van der Waals surface area contributed by atoms with Gasteiger partial charge in [-0.2, -0.15) is 8.78 Å². The number of ether oxygens (including phenoxy) is 1. The zero-order valence-electron chi connectivity index (χ0n) is 12.3. The number of carbonyl (C=O) groups is 2. The van der Waals surface area contributed by atoms with Gasteiger partial charge in [-0.05, 0) is 18.6 Å². The number of hydrogen-bond acceptors (Lipinski definition) is 5. The van der Waals surface area contributed by atoms with Gasteiger partial charge in [0.2, 0.25) is 5.76 Å². The Balaban J connectivity index is 1.90. The van der Waals surface area contributed by atoms with Crippen molar-refractivity contribution < 1.29 is 27.5 Å². The Morgan fingerprint density at radius 1 is 1.27 bits per heavy atom. The first-order valence-electron chi connectivity index (χ1n) is 6.97. The van der Waals surface area contributed by atoms with Crippen LogP contribution in [0.1, 0.15) is 22.7 Å². The van der Waals surface area contributed by atoms with Gasteiger partial charge in [0.15, 0.2) is 0 Å². The van der Waals surface area contributed by atoms with Crippen LogP contribution < -0.4 is 0 Å². The van der Waals surface area contributed by atoms with Crippen LogP contribution in [0.5, 0.6) is 0 Å². The molecule has 1 aromatic rings. The minimum atomic E-state index is -2.96. The van der Waals surface area contributed by atoms with Crippen molar-refractivity contribution in [2.45, 2.75) is 19.4 Å². The summed E-state index contributed by atoms with van der Waals surface area (Å²) in [6.45, 7) is 2.18. The van der Waals surface area contributed by atoms with Gasteiger partial charge < -0.3 is 14.1 Å². The lowest BCUT2D eigenvalue weighted by molar-refractivity contribution is -0.142. The van der Waals surface area contributed by atoms with E-state index in [9.17, 15) is 18.4 Å². The van der Waals surface area contributed by atoms with Crippen molar-refractivity contribution in [3.05, 3.63) is 23.7 Å². The maximum Gasteiger partial charge on any atom is 0.373 e. The van der Waals surface area contributed by atoms with E-state index in [0.29, 0.717) is 38.4 Å². The van der Waals surface area contributed by atoms with Gasteiger partial charge in [0, 0.05) is 26.2 Å².